The zero-order valence-electron chi connectivity index (χ0n) is 11.8. The van der Waals surface area contributed by atoms with Crippen LogP contribution in [0.3, 0.4) is 0 Å². The average molecular weight is 339 g/mol. The normalized spacial score (nSPS) is 20.7. The average Bonchev–Trinajstić information content (AvgIpc) is 3.03. The summed E-state index contributed by atoms with van der Waals surface area (Å²) in [5.74, 6) is -0.674. The standard InChI is InChI=1S/C14H12Cl2N4O2/c1-14(2)11(21)12(19-7-17-6-18-19)20(13(14)22)10-8(15)4-3-5-9(10)16/h3-7,12H,1-2H3. The number of Topliss-reactive ketones (excluding diaryl/α,β-unsaturated/α-hetero) is 1. The van der Waals surface area contributed by atoms with Crippen molar-refractivity contribution in [3.05, 3.63) is 40.9 Å². The Morgan fingerprint density at radius 2 is 1.82 bits per heavy atom. The number of halogens is 2. The maximum absolute atomic E-state index is 12.8. The van der Waals surface area contributed by atoms with E-state index >= 15 is 0 Å². The molecule has 1 saturated heterocycles. The number of benzene rings is 1. The van der Waals surface area contributed by atoms with Crippen LogP contribution >= 0.6 is 23.2 Å². The van der Waals surface area contributed by atoms with E-state index in [1.807, 2.05) is 0 Å². The van der Waals surface area contributed by atoms with Crippen LogP contribution in [0, 0.1) is 5.41 Å². The van der Waals surface area contributed by atoms with Gasteiger partial charge in [0.25, 0.3) is 0 Å². The molecule has 3 rings (SSSR count). The summed E-state index contributed by atoms with van der Waals surface area (Å²) < 4.78 is 1.33. The number of anilines is 1. The summed E-state index contributed by atoms with van der Waals surface area (Å²) >= 11 is 12.4. The third-order valence-corrected chi connectivity index (χ3v) is 4.32. The van der Waals surface area contributed by atoms with Crippen LogP contribution in [0.4, 0.5) is 5.69 Å². The molecule has 1 amide bonds. The molecular formula is C14H12Cl2N4O2. The lowest BCUT2D eigenvalue weighted by molar-refractivity contribution is -0.133. The summed E-state index contributed by atoms with van der Waals surface area (Å²) in [6, 6.07) is 4.90. The zero-order chi connectivity index (χ0) is 16.1. The van der Waals surface area contributed by atoms with E-state index < -0.39 is 11.6 Å². The fourth-order valence-electron chi connectivity index (χ4n) is 2.48. The number of ketones is 1. The van der Waals surface area contributed by atoms with E-state index in [-0.39, 0.29) is 21.7 Å². The van der Waals surface area contributed by atoms with Gasteiger partial charge < -0.3 is 0 Å². The number of hydrogen-bond donors (Lipinski definition) is 0. The molecule has 1 unspecified atom stereocenters. The van der Waals surface area contributed by atoms with Gasteiger partial charge >= 0.3 is 0 Å². The molecular weight excluding hydrogens is 327 g/mol. The van der Waals surface area contributed by atoms with E-state index in [1.165, 1.54) is 22.2 Å². The molecule has 0 bridgehead atoms. The third-order valence-electron chi connectivity index (χ3n) is 3.71. The maximum atomic E-state index is 12.8. The first-order valence-electron chi connectivity index (χ1n) is 6.52. The molecule has 1 aromatic heterocycles. The lowest BCUT2D eigenvalue weighted by atomic mass is 9.90. The van der Waals surface area contributed by atoms with Crippen molar-refractivity contribution in [3.8, 4) is 0 Å². The number of carbonyl (C=O) groups is 2. The quantitative estimate of drug-likeness (QED) is 0.789. The third kappa shape index (κ3) is 2.02. The van der Waals surface area contributed by atoms with E-state index in [1.54, 1.807) is 32.0 Å². The second kappa shape index (κ2) is 5.07. The van der Waals surface area contributed by atoms with Gasteiger partial charge in [0.1, 0.15) is 18.1 Å². The van der Waals surface area contributed by atoms with Gasteiger partial charge in [0, 0.05) is 0 Å². The summed E-state index contributed by atoms with van der Waals surface area (Å²) in [5.41, 5.74) is -0.894. The van der Waals surface area contributed by atoms with Crippen LogP contribution in [0.25, 0.3) is 0 Å². The van der Waals surface area contributed by atoms with Crippen molar-refractivity contribution in [2.75, 3.05) is 4.90 Å². The Morgan fingerprint density at radius 1 is 1.18 bits per heavy atom. The maximum Gasteiger partial charge on any atom is 0.242 e. The van der Waals surface area contributed by atoms with Gasteiger partial charge in [-0.15, -0.1) is 0 Å². The molecule has 1 fully saturated rings. The molecule has 2 heterocycles. The fourth-order valence-corrected chi connectivity index (χ4v) is 3.06. The van der Waals surface area contributed by atoms with Crippen LogP contribution in [0.2, 0.25) is 10.0 Å². The van der Waals surface area contributed by atoms with E-state index in [9.17, 15) is 9.59 Å². The molecule has 1 aliphatic heterocycles. The van der Waals surface area contributed by atoms with Crippen LogP contribution in [0.15, 0.2) is 30.9 Å². The van der Waals surface area contributed by atoms with E-state index in [4.69, 9.17) is 23.2 Å². The first-order chi connectivity index (χ1) is 10.4. The van der Waals surface area contributed by atoms with E-state index in [2.05, 4.69) is 10.1 Å². The Bertz CT molecular complexity index is 738. The monoisotopic (exact) mass is 338 g/mol. The second-order valence-corrected chi connectivity index (χ2v) is 6.30. The SMILES string of the molecule is CC1(C)C(=O)C(n2cncn2)N(c2c(Cl)cccc2Cl)C1=O. The zero-order valence-corrected chi connectivity index (χ0v) is 13.3. The van der Waals surface area contributed by atoms with Crippen LogP contribution in [0.5, 0.6) is 0 Å². The van der Waals surface area contributed by atoms with Gasteiger partial charge in [0.2, 0.25) is 5.91 Å². The molecule has 22 heavy (non-hydrogen) atoms. The van der Waals surface area contributed by atoms with Gasteiger partial charge in [-0.25, -0.2) is 9.67 Å². The van der Waals surface area contributed by atoms with Crippen molar-refractivity contribution in [1.82, 2.24) is 14.8 Å². The Balaban J connectivity index is 2.23. The molecule has 8 heteroatoms. The summed E-state index contributed by atoms with van der Waals surface area (Å²) in [5, 5.41) is 4.57. The molecule has 1 aliphatic rings. The first-order valence-corrected chi connectivity index (χ1v) is 7.27. The van der Waals surface area contributed by atoms with Crippen LogP contribution in [-0.4, -0.2) is 26.5 Å². The molecule has 6 nitrogen and oxygen atoms in total. The number of amides is 1. The number of aromatic nitrogens is 3. The minimum Gasteiger partial charge on any atom is -0.294 e. The van der Waals surface area contributed by atoms with Crippen LogP contribution in [-0.2, 0) is 9.59 Å². The van der Waals surface area contributed by atoms with Crippen molar-refractivity contribution in [3.63, 3.8) is 0 Å². The highest BCUT2D eigenvalue weighted by Crippen LogP contribution is 2.45. The van der Waals surface area contributed by atoms with Gasteiger partial charge in [-0.3, -0.25) is 14.5 Å². The minimum absolute atomic E-state index is 0.288. The van der Waals surface area contributed by atoms with Gasteiger partial charge in [0.15, 0.2) is 11.9 Å². The summed E-state index contributed by atoms with van der Waals surface area (Å²) in [6.07, 6.45) is 1.73. The van der Waals surface area contributed by atoms with Crippen LogP contribution < -0.4 is 4.90 Å². The number of carbonyl (C=O) groups excluding carboxylic acids is 2. The molecule has 114 valence electrons. The largest absolute Gasteiger partial charge is 0.294 e. The Hall–Kier alpha value is -1.92. The molecule has 0 N–H and O–H groups in total. The number of rotatable bonds is 2. The lowest BCUT2D eigenvalue weighted by Gasteiger charge is -2.25. The molecule has 0 spiro atoms. The smallest absolute Gasteiger partial charge is 0.242 e. The minimum atomic E-state index is -1.20. The fraction of sp³-hybridized carbons (Fsp3) is 0.286. The van der Waals surface area contributed by atoms with Gasteiger partial charge in [-0.1, -0.05) is 29.3 Å². The number of hydrogen-bond acceptors (Lipinski definition) is 4. The van der Waals surface area contributed by atoms with Crippen molar-refractivity contribution >= 4 is 40.6 Å². The number of para-hydroxylation sites is 1. The summed E-state index contributed by atoms with van der Waals surface area (Å²) in [6.45, 7) is 3.15. The van der Waals surface area contributed by atoms with Crippen molar-refractivity contribution in [1.29, 1.82) is 0 Å². The highest BCUT2D eigenvalue weighted by molar-refractivity contribution is 6.41. The topological polar surface area (TPSA) is 68.1 Å². The highest BCUT2D eigenvalue weighted by atomic mass is 35.5. The first kappa shape index (κ1) is 15.0. The predicted molar refractivity (Wildman–Crippen MR) is 81.8 cm³/mol. The lowest BCUT2D eigenvalue weighted by Crippen LogP contribution is -2.34. The van der Waals surface area contributed by atoms with E-state index in [0.29, 0.717) is 5.69 Å². The Morgan fingerprint density at radius 3 is 2.36 bits per heavy atom. The second-order valence-electron chi connectivity index (χ2n) is 5.48. The summed E-state index contributed by atoms with van der Waals surface area (Å²) in [4.78, 5) is 30.6. The molecule has 0 radical (unpaired) electrons. The molecule has 2 aromatic rings. The molecule has 0 aliphatic carbocycles. The van der Waals surface area contributed by atoms with Crippen molar-refractivity contribution in [2.45, 2.75) is 20.0 Å². The molecule has 1 atom stereocenters. The Labute approximate surface area is 136 Å². The highest BCUT2D eigenvalue weighted by Gasteiger charge is 2.55. The Kier molecular flexibility index (Phi) is 3.45. The van der Waals surface area contributed by atoms with Gasteiger partial charge in [-0.05, 0) is 26.0 Å². The molecule has 0 saturated carbocycles. The van der Waals surface area contributed by atoms with Gasteiger partial charge in [0.05, 0.1) is 15.7 Å². The predicted octanol–water partition coefficient (Wildman–Crippen LogP) is 2.73. The van der Waals surface area contributed by atoms with Gasteiger partial charge in [-0.2, -0.15) is 5.10 Å². The van der Waals surface area contributed by atoms with Crippen molar-refractivity contribution in [2.24, 2.45) is 5.41 Å². The van der Waals surface area contributed by atoms with Crippen molar-refractivity contribution < 1.29 is 9.59 Å². The van der Waals surface area contributed by atoms with E-state index in [0.717, 1.165) is 0 Å². The number of nitrogens with zero attached hydrogens (tertiary/aromatic N) is 4. The molecule has 1 aromatic carbocycles. The summed E-state index contributed by atoms with van der Waals surface area (Å²) in [7, 11) is 0. The van der Waals surface area contributed by atoms with Crippen LogP contribution in [0.1, 0.15) is 20.0 Å².